The van der Waals surface area contributed by atoms with Crippen LogP contribution in [0, 0.1) is 0 Å². The van der Waals surface area contributed by atoms with E-state index in [0.29, 0.717) is 19.3 Å². The third-order valence-corrected chi connectivity index (χ3v) is 13.9. The van der Waals surface area contributed by atoms with Gasteiger partial charge < -0.3 is 14.2 Å². The van der Waals surface area contributed by atoms with Gasteiger partial charge >= 0.3 is 17.9 Å². The molecule has 0 rings (SSSR count). The quantitative estimate of drug-likeness (QED) is 0.0261. The molecule has 75 heavy (non-hydrogen) atoms. The lowest BCUT2D eigenvalue weighted by atomic mass is 10.0. The summed E-state index contributed by atoms with van der Waals surface area (Å²) in [6.07, 6.45) is 83.2. The van der Waals surface area contributed by atoms with Crippen LogP contribution in [0.2, 0.25) is 0 Å². The van der Waals surface area contributed by atoms with Crippen molar-refractivity contribution in [1.82, 2.24) is 0 Å². The standard InChI is InChI=1S/C69H120O6/c1-4-7-10-13-16-19-22-25-28-29-30-31-32-33-34-35-36-37-38-39-42-44-47-50-53-56-59-62-68(71)74-65-66(75-69(72)63-60-57-54-51-48-45-41-27-24-21-18-15-12-9-6-3)64-73-67(70)61-58-55-52-49-46-43-40-26-23-20-17-14-11-8-5-2/h9,12,17-18,20-21,26-27,29-30,40-41,48,51,66H,4-8,10-11,13-16,19,22-25,28,31-39,42-47,49-50,52-65H2,1-3H3/b12-9-,20-17-,21-18-,30-29-,40-26-,41-27-,51-48-. The second-order valence-corrected chi connectivity index (χ2v) is 21.3. The minimum absolute atomic E-state index is 0.0964. The van der Waals surface area contributed by atoms with Crippen molar-refractivity contribution in [3.63, 3.8) is 0 Å². The van der Waals surface area contributed by atoms with E-state index in [9.17, 15) is 14.4 Å². The Hall–Kier alpha value is -3.41. The lowest BCUT2D eigenvalue weighted by molar-refractivity contribution is -0.167. The molecule has 0 aliphatic heterocycles. The highest BCUT2D eigenvalue weighted by molar-refractivity contribution is 5.71. The highest BCUT2D eigenvalue weighted by atomic mass is 16.6. The first-order chi connectivity index (χ1) is 37.0. The van der Waals surface area contributed by atoms with Gasteiger partial charge in [-0.15, -0.1) is 0 Å². The normalized spacial score (nSPS) is 12.6. The molecule has 0 heterocycles. The van der Waals surface area contributed by atoms with Gasteiger partial charge in [-0.2, -0.15) is 0 Å². The maximum Gasteiger partial charge on any atom is 0.306 e. The second kappa shape index (κ2) is 63.1. The zero-order valence-electron chi connectivity index (χ0n) is 49.6. The van der Waals surface area contributed by atoms with E-state index >= 15 is 0 Å². The summed E-state index contributed by atoms with van der Waals surface area (Å²) in [5.74, 6) is -0.943. The molecule has 0 amide bonds. The summed E-state index contributed by atoms with van der Waals surface area (Å²) in [5, 5.41) is 0. The Morgan fingerprint density at radius 3 is 0.880 bits per heavy atom. The van der Waals surface area contributed by atoms with Crippen molar-refractivity contribution in [3.05, 3.63) is 85.1 Å². The molecular weight excluding hydrogens is 925 g/mol. The molecule has 1 atom stereocenters. The molecule has 0 bridgehead atoms. The number of hydrogen-bond acceptors (Lipinski definition) is 6. The molecule has 1 unspecified atom stereocenters. The molecule has 0 radical (unpaired) electrons. The average molecular weight is 1050 g/mol. The molecule has 432 valence electrons. The maximum absolute atomic E-state index is 12.9. The Kier molecular flexibility index (Phi) is 60.3. The monoisotopic (exact) mass is 1040 g/mol. The van der Waals surface area contributed by atoms with E-state index in [1.807, 2.05) is 0 Å². The van der Waals surface area contributed by atoms with Crippen LogP contribution in [0.3, 0.4) is 0 Å². The summed E-state index contributed by atoms with van der Waals surface area (Å²) < 4.78 is 16.9. The van der Waals surface area contributed by atoms with Crippen LogP contribution < -0.4 is 0 Å². The SMILES string of the molecule is CC/C=C\C/C=C\C/C=C\C/C=C\CCCCC(=O)OC(COC(=O)CCCCCCC/C=C\C/C=C\CCCCC)COC(=O)CCCCCCCCCCCCCCCCC/C=C\CCCCCCCCCC. The van der Waals surface area contributed by atoms with Crippen molar-refractivity contribution in [3.8, 4) is 0 Å². The van der Waals surface area contributed by atoms with E-state index in [1.54, 1.807) is 0 Å². The van der Waals surface area contributed by atoms with Gasteiger partial charge in [-0.3, -0.25) is 14.4 Å². The summed E-state index contributed by atoms with van der Waals surface area (Å²) in [7, 11) is 0. The van der Waals surface area contributed by atoms with Crippen LogP contribution in [-0.2, 0) is 28.6 Å². The first-order valence-corrected chi connectivity index (χ1v) is 32.1. The summed E-state index contributed by atoms with van der Waals surface area (Å²) in [6, 6.07) is 0. The second-order valence-electron chi connectivity index (χ2n) is 21.3. The third kappa shape index (κ3) is 61.3. The Morgan fingerprint density at radius 2 is 0.520 bits per heavy atom. The summed E-state index contributed by atoms with van der Waals surface area (Å²) in [4.78, 5) is 38.2. The van der Waals surface area contributed by atoms with Gasteiger partial charge in [-0.25, -0.2) is 0 Å². The number of hydrogen-bond donors (Lipinski definition) is 0. The molecule has 6 heteroatoms. The van der Waals surface area contributed by atoms with Gasteiger partial charge in [-0.1, -0.05) is 266 Å². The fourth-order valence-corrected chi connectivity index (χ4v) is 9.05. The van der Waals surface area contributed by atoms with Crippen LogP contribution in [0.25, 0.3) is 0 Å². The number of allylic oxidation sites excluding steroid dienone is 14. The van der Waals surface area contributed by atoms with Crippen LogP contribution in [0.5, 0.6) is 0 Å². The molecule has 0 spiro atoms. The van der Waals surface area contributed by atoms with Crippen molar-refractivity contribution >= 4 is 17.9 Å². The van der Waals surface area contributed by atoms with Crippen LogP contribution in [0.1, 0.15) is 316 Å². The Balaban J connectivity index is 4.29. The third-order valence-electron chi connectivity index (χ3n) is 13.9. The number of carbonyl (C=O) groups is 3. The topological polar surface area (TPSA) is 78.9 Å². The van der Waals surface area contributed by atoms with Crippen LogP contribution in [0.15, 0.2) is 85.1 Å². The highest BCUT2D eigenvalue weighted by Gasteiger charge is 2.19. The van der Waals surface area contributed by atoms with Gasteiger partial charge in [0.1, 0.15) is 13.2 Å². The van der Waals surface area contributed by atoms with Gasteiger partial charge in [0.15, 0.2) is 6.10 Å². The maximum atomic E-state index is 12.9. The van der Waals surface area contributed by atoms with Crippen LogP contribution >= 0.6 is 0 Å². The van der Waals surface area contributed by atoms with Crippen molar-refractivity contribution in [2.75, 3.05) is 13.2 Å². The fraction of sp³-hybridized carbons (Fsp3) is 0.754. The zero-order chi connectivity index (χ0) is 54.3. The summed E-state index contributed by atoms with van der Waals surface area (Å²) >= 11 is 0. The van der Waals surface area contributed by atoms with E-state index in [2.05, 4.69) is 106 Å². The fourth-order valence-electron chi connectivity index (χ4n) is 9.05. The molecule has 0 fully saturated rings. The predicted molar refractivity (Wildman–Crippen MR) is 325 cm³/mol. The van der Waals surface area contributed by atoms with Crippen molar-refractivity contribution in [2.24, 2.45) is 0 Å². The lowest BCUT2D eigenvalue weighted by Crippen LogP contribution is -2.30. The number of unbranched alkanes of at least 4 members (excludes halogenated alkanes) is 33. The lowest BCUT2D eigenvalue weighted by Gasteiger charge is -2.18. The minimum Gasteiger partial charge on any atom is -0.462 e. The molecule has 0 aromatic rings. The van der Waals surface area contributed by atoms with Crippen LogP contribution in [-0.4, -0.2) is 37.2 Å². The smallest absolute Gasteiger partial charge is 0.306 e. The van der Waals surface area contributed by atoms with E-state index in [-0.39, 0.29) is 37.5 Å². The Morgan fingerprint density at radius 1 is 0.280 bits per heavy atom. The number of esters is 3. The van der Waals surface area contributed by atoms with E-state index in [1.165, 1.54) is 167 Å². The van der Waals surface area contributed by atoms with Crippen LogP contribution in [0.4, 0.5) is 0 Å². The van der Waals surface area contributed by atoms with Gasteiger partial charge in [0.25, 0.3) is 0 Å². The number of ether oxygens (including phenoxy) is 3. The summed E-state index contributed by atoms with van der Waals surface area (Å²) in [5.41, 5.74) is 0. The molecule has 0 saturated heterocycles. The van der Waals surface area contributed by atoms with Gasteiger partial charge in [-0.05, 0) is 116 Å². The van der Waals surface area contributed by atoms with E-state index in [4.69, 9.17) is 14.2 Å². The van der Waals surface area contributed by atoms with Gasteiger partial charge in [0.2, 0.25) is 0 Å². The Bertz CT molecular complexity index is 1430. The van der Waals surface area contributed by atoms with Gasteiger partial charge in [0, 0.05) is 19.3 Å². The predicted octanol–water partition coefficient (Wildman–Crippen LogP) is 21.9. The number of carbonyl (C=O) groups excluding carboxylic acids is 3. The minimum atomic E-state index is -0.805. The van der Waals surface area contributed by atoms with Crippen molar-refractivity contribution < 1.29 is 28.6 Å². The Labute approximate surface area is 465 Å². The molecule has 0 saturated carbocycles. The largest absolute Gasteiger partial charge is 0.462 e. The van der Waals surface area contributed by atoms with Crippen molar-refractivity contribution in [1.29, 1.82) is 0 Å². The van der Waals surface area contributed by atoms with E-state index < -0.39 is 6.10 Å². The number of rotatable bonds is 58. The first-order valence-electron chi connectivity index (χ1n) is 32.1. The molecule has 0 N–H and O–H groups in total. The van der Waals surface area contributed by atoms with E-state index in [0.717, 1.165) is 103 Å². The summed E-state index contributed by atoms with van der Waals surface area (Å²) in [6.45, 7) is 6.48. The zero-order valence-corrected chi connectivity index (χ0v) is 49.6. The molecule has 0 aromatic heterocycles. The molecule has 0 aromatic carbocycles. The molecular formula is C69H120O6. The molecule has 0 aliphatic carbocycles. The van der Waals surface area contributed by atoms with Crippen molar-refractivity contribution in [2.45, 2.75) is 322 Å². The molecule has 0 aliphatic rings. The average Bonchev–Trinajstić information content (AvgIpc) is 3.41. The first kappa shape index (κ1) is 71.6. The molecule has 6 nitrogen and oxygen atoms in total. The highest BCUT2D eigenvalue weighted by Crippen LogP contribution is 2.16. The van der Waals surface area contributed by atoms with Gasteiger partial charge in [0.05, 0.1) is 0 Å².